The summed E-state index contributed by atoms with van der Waals surface area (Å²) in [6.45, 7) is 0. The van der Waals surface area contributed by atoms with Gasteiger partial charge in [-0.05, 0) is 18.2 Å². The van der Waals surface area contributed by atoms with Gasteiger partial charge in [-0.1, -0.05) is 34.8 Å². The highest BCUT2D eigenvalue weighted by Gasteiger charge is 2.15. The topological polar surface area (TPSA) is 49.9 Å². The second kappa shape index (κ2) is 5.14. The Morgan fingerprint density at radius 1 is 1.11 bits per heavy atom. The fourth-order valence-corrected chi connectivity index (χ4v) is 2.26. The zero-order valence-corrected chi connectivity index (χ0v) is 11.1. The number of nitrogens with one attached hydrogen (secondary N) is 1. The van der Waals surface area contributed by atoms with Gasteiger partial charge in [0.05, 0.1) is 20.6 Å². The van der Waals surface area contributed by atoms with Gasteiger partial charge in [0.2, 0.25) is 0 Å². The number of aromatic amines is 1. The summed E-state index contributed by atoms with van der Waals surface area (Å²) < 4.78 is 0. The predicted octanol–water partition coefficient (Wildman–Crippen LogP) is 3.81. The second-order valence-corrected chi connectivity index (χ2v) is 4.70. The van der Waals surface area contributed by atoms with E-state index in [1.807, 2.05) is 0 Å². The number of carbonyl (C=O) groups is 1. The lowest BCUT2D eigenvalue weighted by atomic mass is 10.1. The van der Waals surface area contributed by atoms with Crippen molar-refractivity contribution in [3.8, 4) is 11.1 Å². The molecule has 92 valence electrons. The number of H-pyrrole nitrogens is 1. The van der Waals surface area contributed by atoms with Gasteiger partial charge in [0.15, 0.2) is 6.29 Å². The number of hydrogen-bond acceptors (Lipinski definition) is 2. The zero-order valence-electron chi connectivity index (χ0n) is 8.84. The van der Waals surface area contributed by atoms with Crippen molar-refractivity contribution < 1.29 is 4.79 Å². The van der Waals surface area contributed by atoms with Crippen molar-refractivity contribution in [3.63, 3.8) is 0 Å². The molecule has 1 aromatic heterocycles. The number of carbonyl (C=O) groups excluding carboxylic acids is 1. The highest BCUT2D eigenvalue weighted by atomic mass is 35.5. The molecule has 3 nitrogen and oxygen atoms in total. The third-order valence-electron chi connectivity index (χ3n) is 2.37. The maximum atomic E-state index is 11.8. The van der Waals surface area contributed by atoms with E-state index in [0.29, 0.717) is 17.4 Å². The van der Waals surface area contributed by atoms with Gasteiger partial charge in [-0.2, -0.15) is 0 Å². The van der Waals surface area contributed by atoms with E-state index in [0.717, 1.165) is 0 Å². The molecule has 2 aromatic rings. The molecule has 0 saturated carbocycles. The van der Waals surface area contributed by atoms with E-state index in [2.05, 4.69) is 4.98 Å². The molecule has 18 heavy (non-hydrogen) atoms. The molecule has 0 bridgehead atoms. The van der Waals surface area contributed by atoms with Crippen molar-refractivity contribution in [1.29, 1.82) is 0 Å². The molecule has 6 heteroatoms. The monoisotopic (exact) mass is 301 g/mol. The minimum absolute atomic E-state index is 0.178. The summed E-state index contributed by atoms with van der Waals surface area (Å²) in [6.07, 6.45) is 1.93. The molecule has 0 saturated heterocycles. The summed E-state index contributed by atoms with van der Waals surface area (Å²) in [5, 5.41) is 0.752. The number of rotatable bonds is 2. The maximum absolute atomic E-state index is 11.8. The van der Waals surface area contributed by atoms with E-state index in [9.17, 15) is 9.59 Å². The molecule has 0 amide bonds. The third kappa shape index (κ3) is 2.29. The SMILES string of the molecule is O=Cc1c[nH]c(=O)c(-c2c(Cl)ccc(Cl)c2Cl)c1. The van der Waals surface area contributed by atoms with Crippen LogP contribution in [-0.4, -0.2) is 11.3 Å². The highest BCUT2D eigenvalue weighted by Crippen LogP contribution is 2.37. The first-order valence-electron chi connectivity index (χ1n) is 4.86. The first-order chi connectivity index (χ1) is 8.54. The van der Waals surface area contributed by atoms with E-state index >= 15 is 0 Å². The molecule has 1 heterocycles. The van der Waals surface area contributed by atoms with Crippen molar-refractivity contribution in [2.45, 2.75) is 0 Å². The van der Waals surface area contributed by atoms with Crippen LogP contribution in [0.3, 0.4) is 0 Å². The Morgan fingerprint density at radius 2 is 1.78 bits per heavy atom. The number of aromatic nitrogens is 1. The van der Waals surface area contributed by atoms with E-state index in [1.165, 1.54) is 24.4 Å². The van der Waals surface area contributed by atoms with Gasteiger partial charge in [-0.15, -0.1) is 0 Å². The van der Waals surface area contributed by atoms with Crippen molar-refractivity contribution in [3.05, 3.63) is 55.4 Å². The van der Waals surface area contributed by atoms with Crippen LogP contribution in [0.4, 0.5) is 0 Å². The molecule has 0 spiro atoms. The Balaban J connectivity index is 2.80. The van der Waals surface area contributed by atoms with E-state index in [-0.39, 0.29) is 20.6 Å². The van der Waals surface area contributed by atoms with Gasteiger partial charge in [0.25, 0.3) is 5.56 Å². The zero-order chi connectivity index (χ0) is 13.3. The summed E-state index contributed by atoms with van der Waals surface area (Å²) in [5.41, 5.74) is 0.441. The average Bonchev–Trinajstić information content (AvgIpc) is 2.36. The van der Waals surface area contributed by atoms with Crippen LogP contribution in [0.15, 0.2) is 29.2 Å². The summed E-state index contributed by atoms with van der Waals surface area (Å²) in [5.74, 6) is 0. The number of halogens is 3. The van der Waals surface area contributed by atoms with Gasteiger partial charge in [0, 0.05) is 17.3 Å². The molecule has 2 rings (SSSR count). The summed E-state index contributed by atoms with van der Waals surface area (Å²) >= 11 is 18.0. The third-order valence-corrected chi connectivity index (χ3v) is 3.49. The molecule has 0 aliphatic heterocycles. The summed E-state index contributed by atoms with van der Waals surface area (Å²) in [7, 11) is 0. The number of hydrogen-bond donors (Lipinski definition) is 1. The van der Waals surface area contributed by atoms with Gasteiger partial charge in [-0.3, -0.25) is 9.59 Å². The first-order valence-corrected chi connectivity index (χ1v) is 5.99. The smallest absolute Gasteiger partial charge is 0.255 e. The lowest BCUT2D eigenvalue weighted by Gasteiger charge is -2.08. The Hall–Kier alpha value is -1.29. The van der Waals surface area contributed by atoms with Crippen LogP contribution in [0.5, 0.6) is 0 Å². The van der Waals surface area contributed by atoms with Crippen LogP contribution in [0.2, 0.25) is 15.1 Å². The van der Waals surface area contributed by atoms with Crippen LogP contribution in [0.25, 0.3) is 11.1 Å². The van der Waals surface area contributed by atoms with E-state index < -0.39 is 5.56 Å². The molecule has 0 radical (unpaired) electrons. The molecule has 1 N–H and O–H groups in total. The molecular formula is C12H6Cl3NO2. The number of aldehydes is 1. The quantitative estimate of drug-likeness (QED) is 0.677. The number of pyridine rings is 1. The molecule has 0 aliphatic rings. The van der Waals surface area contributed by atoms with Gasteiger partial charge in [0.1, 0.15) is 0 Å². The molecule has 1 aromatic carbocycles. The Morgan fingerprint density at radius 3 is 2.44 bits per heavy atom. The van der Waals surface area contributed by atoms with E-state index in [1.54, 1.807) is 0 Å². The van der Waals surface area contributed by atoms with Crippen LogP contribution in [0.1, 0.15) is 10.4 Å². The van der Waals surface area contributed by atoms with Gasteiger partial charge in [-0.25, -0.2) is 0 Å². The fraction of sp³-hybridized carbons (Fsp3) is 0. The van der Waals surface area contributed by atoms with Crippen molar-refractivity contribution in [2.75, 3.05) is 0 Å². The molecule has 0 fully saturated rings. The van der Waals surface area contributed by atoms with Crippen molar-refractivity contribution >= 4 is 41.1 Å². The lowest BCUT2D eigenvalue weighted by molar-refractivity contribution is 0.112. The lowest BCUT2D eigenvalue weighted by Crippen LogP contribution is -2.09. The minimum Gasteiger partial charge on any atom is -0.328 e. The molecular weight excluding hydrogens is 296 g/mol. The summed E-state index contributed by atoms with van der Waals surface area (Å²) in [4.78, 5) is 24.9. The fourth-order valence-electron chi connectivity index (χ4n) is 1.53. The Bertz CT molecular complexity index is 680. The van der Waals surface area contributed by atoms with Crippen LogP contribution in [0, 0.1) is 0 Å². The standard InChI is InChI=1S/C12H6Cl3NO2/c13-8-1-2-9(14)11(15)10(8)7-3-6(5-17)4-16-12(7)18/h1-5H,(H,16,18). The maximum Gasteiger partial charge on any atom is 0.255 e. The summed E-state index contributed by atoms with van der Waals surface area (Å²) in [6, 6.07) is 4.49. The largest absolute Gasteiger partial charge is 0.328 e. The molecule has 0 unspecified atom stereocenters. The Kier molecular flexibility index (Phi) is 3.76. The molecule has 0 aliphatic carbocycles. The normalized spacial score (nSPS) is 10.4. The second-order valence-electron chi connectivity index (χ2n) is 3.51. The van der Waals surface area contributed by atoms with Crippen LogP contribution >= 0.6 is 34.8 Å². The van der Waals surface area contributed by atoms with Crippen molar-refractivity contribution in [2.24, 2.45) is 0 Å². The Labute approximate surface area is 117 Å². The molecule has 0 atom stereocenters. The average molecular weight is 303 g/mol. The highest BCUT2D eigenvalue weighted by molar-refractivity contribution is 6.46. The predicted molar refractivity (Wildman–Crippen MR) is 72.9 cm³/mol. The first kappa shape index (κ1) is 13.1. The van der Waals surface area contributed by atoms with Crippen LogP contribution in [-0.2, 0) is 0 Å². The van der Waals surface area contributed by atoms with Crippen LogP contribution < -0.4 is 5.56 Å². The van der Waals surface area contributed by atoms with E-state index in [4.69, 9.17) is 34.8 Å². The van der Waals surface area contributed by atoms with Gasteiger partial charge >= 0.3 is 0 Å². The van der Waals surface area contributed by atoms with Gasteiger partial charge < -0.3 is 4.98 Å². The van der Waals surface area contributed by atoms with Crippen molar-refractivity contribution in [1.82, 2.24) is 4.98 Å². The minimum atomic E-state index is -0.397. The number of benzene rings is 1.